The maximum Gasteiger partial charge on any atom is 0.119 e. The van der Waals surface area contributed by atoms with Crippen LogP contribution in [0.4, 0.5) is 0 Å². The number of ether oxygens (including phenoxy) is 2. The second-order valence-corrected chi connectivity index (χ2v) is 3.70. The van der Waals surface area contributed by atoms with E-state index in [9.17, 15) is 0 Å². The fraction of sp³-hybridized carbons (Fsp3) is 0.500. The molecule has 0 radical (unpaired) electrons. The van der Waals surface area contributed by atoms with Gasteiger partial charge in [0, 0.05) is 0 Å². The van der Waals surface area contributed by atoms with Gasteiger partial charge in [-0.2, -0.15) is 0 Å². The van der Waals surface area contributed by atoms with Gasteiger partial charge in [0.25, 0.3) is 0 Å². The first kappa shape index (κ1) is 10.5. The van der Waals surface area contributed by atoms with Crippen molar-refractivity contribution < 1.29 is 9.47 Å². The minimum absolute atomic E-state index is 0.571. The molecule has 1 aliphatic rings. The van der Waals surface area contributed by atoms with E-state index in [4.69, 9.17) is 9.47 Å². The average Bonchev–Trinajstić information content (AvgIpc) is 2.22. The molecule has 1 N–H and O–H groups in total. The molecule has 2 rings (SSSR count). The summed E-state index contributed by atoms with van der Waals surface area (Å²) in [4.78, 5) is 0. The normalized spacial score (nSPS) is 16.0. The molecule has 0 saturated carbocycles. The number of para-hydroxylation sites is 1. The maximum absolute atomic E-state index is 5.57. The molecule has 0 spiro atoms. The molecule has 1 saturated heterocycles. The monoisotopic (exact) mass is 207 g/mol. The average molecular weight is 207 g/mol. The fourth-order valence-corrected chi connectivity index (χ4v) is 1.44. The predicted molar refractivity (Wildman–Crippen MR) is 59.2 cm³/mol. The lowest BCUT2D eigenvalue weighted by Gasteiger charge is -2.26. The van der Waals surface area contributed by atoms with Crippen molar-refractivity contribution in [3.63, 3.8) is 0 Å². The van der Waals surface area contributed by atoms with Crippen molar-refractivity contribution in [2.45, 2.75) is 12.5 Å². The summed E-state index contributed by atoms with van der Waals surface area (Å²) >= 11 is 0. The molecule has 1 aliphatic heterocycles. The van der Waals surface area contributed by atoms with Gasteiger partial charge in [-0.15, -0.1) is 0 Å². The molecule has 82 valence electrons. The Hall–Kier alpha value is -1.06. The molecule has 1 aromatic rings. The van der Waals surface area contributed by atoms with Crippen LogP contribution in [0, 0.1) is 0 Å². The third-order valence-corrected chi connectivity index (χ3v) is 2.40. The minimum Gasteiger partial charge on any atom is -0.494 e. The molecule has 3 heteroatoms. The molecule has 1 fully saturated rings. The van der Waals surface area contributed by atoms with E-state index in [1.165, 1.54) is 0 Å². The van der Waals surface area contributed by atoms with E-state index in [0.717, 1.165) is 38.5 Å². The van der Waals surface area contributed by atoms with Gasteiger partial charge in [-0.25, -0.2) is 0 Å². The van der Waals surface area contributed by atoms with Crippen LogP contribution in [0.2, 0.25) is 0 Å². The number of rotatable bonds is 6. The Morgan fingerprint density at radius 1 is 1.27 bits per heavy atom. The Balaban J connectivity index is 1.51. The fourth-order valence-electron chi connectivity index (χ4n) is 1.44. The van der Waals surface area contributed by atoms with Gasteiger partial charge in [0.15, 0.2) is 0 Å². The molecule has 0 atom stereocenters. The van der Waals surface area contributed by atoms with E-state index in [-0.39, 0.29) is 0 Å². The van der Waals surface area contributed by atoms with Gasteiger partial charge >= 0.3 is 0 Å². The molecule has 0 bridgehead atoms. The number of benzene rings is 1. The maximum atomic E-state index is 5.57. The van der Waals surface area contributed by atoms with Crippen molar-refractivity contribution >= 4 is 0 Å². The van der Waals surface area contributed by atoms with Crippen LogP contribution < -0.4 is 10.1 Å². The van der Waals surface area contributed by atoms with Gasteiger partial charge in [0.1, 0.15) is 5.75 Å². The van der Waals surface area contributed by atoms with Crippen molar-refractivity contribution in [3.8, 4) is 5.75 Å². The second-order valence-electron chi connectivity index (χ2n) is 3.70. The Morgan fingerprint density at radius 2 is 2.07 bits per heavy atom. The summed E-state index contributed by atoms with van der Waals surface area (Å²) in [5, 5.41) is 3.40. The standard InChI is InChI=1S/C12H17NO2/c1-2-5-12(6-3-1)15-8-4-7-13-11-9-14-10-11/h1-3,5-6,11,13H,4,7-10H2. The Labute approximate surface area is 90.4 Å². The highest BCUT2D eigenvalue weighted by Crippen LogP contribution is 2.08. The van der Waals surface area contributed by atoms with Gasteiger partial charge in [-0.1, -0.05) is 18.2 Å². The molecular weight excluding hydrogens is 190 g/mol. The minimum atomic E-state index is 0.571. The van der Waals surface area contributed by atoms with Gasteiger partial charge in [0.2, 0.25) is 0 Å². The highest BCUT2D eigenvalue weighted by molar-refractivity contribution is 5.20. The van der Waals surface area contributed by atoms with Crippen LogP contribution in [0.15, 0.2) is 30.3 Å². The summed E-state index contributed by atoms with van der Waals surface area (Å²) in [5.74, 6) is 0.949. The van der Waals surface area contributed by atoms with Crippen molar-refractivity contribution in [1.29, 1.82) is 0 Å². The first-order valence-electron chi connectivity index (χ1n) is 5.44. The summed E-state index contributed by atoms with van der Waals surface area (Å²) in [5.41, 5.74) is 0. The van der Waals surface area contributed by atoms with E-state index < -0.39 is 0 Å². The largest absolute Gasteiger partial charge is 0.494 e. The van der Waals surface area contributed by atoms with E-state index in [1.807, 2.05) is 30.3 Å². The van der Waals surface area contributed by atoms with E-state index in [2.05, 4.69) is 5.32 Å². The van der Waals surface area contributed by atoms with Crippen LogP contribution in [0.5, 0.6) is 5.75 Å². The highest BCUT2D eigenvalue weighted by atomic mass is 16.5. The van der Waals surface area contributed by atoms with Gasteiger partial charge in [-0.05, 0) is 25.1 Å². The van der Waals surface area contributed by atoms with Crippen LogP contribution in [-0.4, -0.2) is 32.4 Å². The smallest absolute Gasteiger partial charge is 0.119 e. The van der Waals surface area contributed by atoms with Crippen LogP contribution >= 0.6 is 0 Å². The second kappa shape index (κ2) is 5.73. The Bertz CT molecular complexity index is 272. The summed E-state index contributed by atoms with van der Waals surface area (Å²) in [7, 11) is 0. The summed E-state index contributed by atoms with van der Waals surface area (Å²) in [6.45, 7) is 3.49. The predicted octanol–water partition coefficient (Wildman–Crippen LogP) is 1.44. The zero-order chi connectivity index (χ0) is 10.3. The van der Waals surface area contributed by atoms with Crippen molar-refractivity contribution in [2.24, 2.45) is 0 Å². The summed E-state index contributed by atoms with van der Waals surface area (Å²) in [6.07, 6.45) is 1.03. The van der Waals surface area contributed by atoms with Crippen molar-refractivity contribution in [2.75, 3.05) is 26.4 Å². The molecule has 3 nitrogen and oxygen atoms in total. The Kier molecular flexibility index (Phi) is 4.00. The molecule has 0 aliphatic carbocycles. The zero-order valence-electron chi connectivity index (χ0n) is 8.82. The third kappa shape index (κ3) is 3.53. The van der Waals surface area contributed by atoms with E-state index in [0.29, 0.717) is 6.04 Å². The lowest BCUT2D eigenvalue weighted by atomic mass is 10.2. The first-order valence-corrected chi connectivity index (χ1v) is 5.44. The quantitative estimate of drug-likeness (QED) is 0.716. The molecule has 0 aromatic heterocycles. The summed E-state index contributed by atoms with van der Waals surface area (Å²) in [6, 6.07) is 10.5. The van der Waals surface area contributed by atoms with Crippen LogP contribution in [-0.2, 0) is 4.74 Å². The number of hydrogen-bond acceptors (Lipinski definition) is 3. The summed E-state index contributed by atoms with van der Waals surface area (Å²) < 4.78 is 10.6. The number of hydrogen-bond donors (Lipinski definition) is 1. The molecule has 0 amide bonds. The van der Waals surface area contributed by atoms with Gasteiger partial charge in [0.05, 0.1) is 25.9 Å². The van der Waals surface area contributed by atoms with E-state index in [1.54, 1.807) is 0 Å². The van der Waals surface area contributed by atoms with Crippen LogP contribution in [0.1, 0.15) is 6.42 Å². The highest BCUT2D eigenvalue weighted by Gasteiger charge is 2.16. The lowest BCUT2D eigenvalue weighted by molar-refractivity contribution is -0.00522. The number of nitrogens with one attached hydrogen (secondary N) is 1. The van der Waals surface area contributed by atoms with Crippen molar-refractivity contribution in [3.05, 3.63) is 30.3 Å². The zero-order valence-corrected chi connectivity index (χ0v) is 8.82. The first-order chi connectivity index (χ1) is 7.45. The molecule has 1 heterocycles. The topological polar surface area (TPSA) is 30.5 Å². The van der Waals surface area contributed by atoms with Gasteiger partial charge in [-0.3, -0.25) is 0 Å². The van der Waals surface area contributed by atoms with Crippen molar-refractivity contribution in [1.82, 2.24) is 5.32 Å². The SMILES string of the molecule is c1ccc(OCCCNC2COC2)cc1. The molecule has 1 aromatic carbocycles. The molecular formula is C12H17NO2. The molecule has 15 heavy (non-hydrogen) atoms. The van der Waals surface area contributed by atoms with E-state index >= 15 is 0 Å². The lowest BCUT2D eigenvalue weighted by Crippen LogP contribution is -2.46. The van der Waals surface area contributed by atoms with Gasteiger partial charge < -0.3 is 14.8 Å². The van der Waals surface area contributed by atoms with Crippen LogP contribution in [0.25, 0.3) is 0 Å². The third-order valence-electron chi connectivity index (χ3n) is 2.40. The Morgan fingerprint density at radius 3 is 2.73 bits per heavy atom. The molecule has 0 unspecified atom stereocenters. The van der Waals surface area contributed by atoms with Crippen LogP contribution in [0.3, 0.4) is 0 Å².